The molecule has 0 unspecified atom stereocenters. The van der Waals surface area contributed by atoms with Crippen LogP contribution in [0.4, 0.5) is 0 Å². The Balaban J connectivity index is 1.86. The minimum Gasteiger partial charge on any atom is -0.497 e. The number of nitrogens with zero attached hydrogens (tertiary/aromatic N) is 2. The van der Waals surface area contributed by atoms with Crippen molar-refractivity contribution in [2.24, 2.45) is 4.99 Å². The first-order valence-corrected chi connectivity index (χ1v) is 11.8. The van der Waals surface area contributed by atoms with E-state index in [1.165, 1.54) is 23.1 Å². The van der Waals surface area contributed by atoms with Crippen LogP contribution in [0.5, 0.6) is 5.75 Å². The molecule has 0 aliphatic rings. The molecule has 0 aliphatic heterocycles. The summed E-state index contributed by atoms with van der Waals surface area (Å²) in [6.07, 6.45) is 2.07. The number of amides is 1. The number of benzene rings is 2. The number of thiazole rings is 1. The van der Waals surface area contributed by atoms with Crippen molar-refractivity contribution in [3.05, 3.63) is 52.3 Å². The van der Waals surface area contributed by atoms with Crippen molar-refractivity contribution < 1.29 is 9.53 Å². The van der Waals surface area contributed by atoms with Crippen LogP contribution in [-0.4, -0.2) is 35.3 Å². The van der Waals surface area contributed by atoms with Crippen LogP contribution < -0.4 is 9.54 Å². The molecular formula is C19H19ClN2O2S3. The van der Waals surface area contributed by atoms with Crippen molar-refractivity contribution >= 4 is 62.6 Å². The predicted octanol–water partition coefficient (Wildman–Crippen LogP) is 4.95. The third-order valence-electron chi connectivity index (χ3n) is 3.80. The summed E-state index contributed by atoms with van der Waals surface area (Å²) in [5, 5.41) is 0.686. The Morgan fingerprint density at radius 3 is 2.74 bits per heavy atom. The molecule has 0 fully saturated rings. The zero-order valence-electron chi connectivity index (χ0n) is 15.0. The molecule has 0 saturated heterocycles. The maximum atomic E-state index is 12.4. The van der Waals surface area contributed by atoms with Crippen molar-refractivity contribution in [2.45, 2.75) is 11.4 Å². The summed E-state index contributed by atoms with van der Waals surface area (Å²) in [5.74, 6) is 1.90. The number of ether oxygens (including phenoxy) is 1. The van der Waals surface area contributed by atoms with E-state index in [1.807, 2.05) is 42.5 Å². The minimum absolute atomic E-state index is 0.147. The molecule has 0 spiro atoms. The second-order valence-corrected chi connectivity index (χ2v) is 9.09. The van der Waals surface area contributed by atoms with Crippen LogP contribution in [0.1, 0.15) is 0 Å². The van der Waals surface area contributed by atoms with E-state index in [0.717, 1.165) is 38.0 Å². The highest BCUT2D eigenvalue weighted by Crippen LogP contribution is 2.24. The smallest absolute Gasteiger partial charge is 0.258 e. The van der Waals surface area contributed by atoms with Crippen molar-refractivity contribution in [3.8, 4) is 5.75 Å². The molecule has 0 N–H and O–H groups in total. The van der Waals surface area contributed by atoms with Crippen molar-refractivity contribution in [1.29, 1.82) is 0 Å². The van der Waals surface area contributed by atoms with Crippen LogP contribution in [0.25, 0.3) is 10.2 Å². The summed E-state index contributed by atoms with van der Waals surface area (Å²) in [6, 6.07) is 13.4. The Labute approximate surface area is 175 Å². The SMILES string of the molecule is COc1ccc2sc(=NC(=O)CSc3ccc(Cl)cc3)n(CCSC)c2c1. The Kier molecular flexibility index (Phi) is 7.29. The molecule has 1 aromatic heterocycles. The standard InChI is InChI=1S/C19H19ClN2O2S3/c1-24-14-5-8-17-16(11-14)22(9-10-25-2)19(27-17)21-18(23)12-26-15-6-3-13(20)4-7-15/h3-8,11H,9-10,12H2,1-2H3. The first kappa shape index (κ1) is 20.3. The lowest BCUT2D eigenvalue weighted by atomic mass is 10.3. The van der Waals surface area contributed by atoms with E-state index in [2.05, 4.69) is 15.8 Å². The number of hydrogen-bond acceptors (Lipinski definition) is 5. The van der Waals surface area contributed by atoms with Gasteiger partial charge < -0.3 is 9.30 Å². The van der Waals surface area contributed by atoms with Gasteiger partial charge in [0.15, 0.2) is 4.80 Å². The van der Waals surface area contributed by atoms with E-state index in [4.69, 9.17) is 16.3 Å². The van der Waals surface area contributed by atoms with Gasteiger partial charge in [-0.15, -0.1) is 11.8 Å². The van der Waals surface area contributed by atoms with Gasteiger partial charge in [0, 0.05) is 28.3 Å². The molecule has 8 heteroatoms. The van der Waals surface area contributed by atoms with Gasteiger partial charge in [0.2, 0.25) is 0 Å². The number of thioether (sulfide) groups is 2. The molecular weight excluding hydrogens is 420 g/mol. The van der Waals surface area contributed by atoms with Gasteiger partial charge in [0.1, 0.15) is 5.75 Å². The Bertz CT molecular complexity index is 996. The fourth-order valence-electron chi connectivity index (χ4n) is 2.47. The van der Waals surface area contributed by atoms with Crippen molar-refractivity contribution in [3.63, 3.8) is 0 Å². The molecule has 0 bridgehead atoms. The van der Waals surface area contributed by atoms with Crippen LogP contribution in [0.2, 0.25) is 5.02 Å². The van der Waals surface area contributed by atoms with Gasteiger partial charge in [-0.2, -0.15) is 16.8 Å². The minimum atomic E-state index is -0.147. The zero-order chi connectivity index (χ0) is 19.2. The molecule has 0 atom stereocenters. The average molecular weight is 439 g/mol. The number of aromatic nitrogens is 1. The van der Waals surface area contributed by atoms with Gasteiger partial charge >= 0.3 is 0 Å². The fraction of sp³-hybridized carbons (Fsp3) is 0.263. The topological polar surface area (TPSA) is 43.6 Å². The van der Waals surface area contributed by atoms with E-state index in [9.17, 15) is 4.79 Å². The third-order valence-corrected chi connectivity index (χ3v) is 6.70. The predicted molar refractivity (Wildman–Crippen MR) is 117 cm³/mol. The van der Waals surface area contributed by atoms with Gasteiger partial charge in [0.25, 0.3) is 5.91 Å². The molecule has 0 saturated carbocycles. The third kappa shape index (κ3) is 5.31. The van der Waals surface area contributed by atoms with E-state index in [1.54, 1.807) is 18.9 Å². The van der Waals surface area contributed by atoms with Crippen LogP contribution in [0.15, 0.2) is 52.4 Å². The number of halogens is 1. The molecule has 27 heavy (non-hydrogen) atoms. The van der Waals surface area contributed by atoms with Crippen LogP contribution in [-0.2, 0) is 11.3 Å². The number of fused-ring (bicyclic) bond motifs is 1. The lowest BCUT2D eigenvalue weighted by molar-refractivity contribution is -0.115. The lowest BCUT2D eigenvalue weighted by Crippen LogP contribution is -2.18. The number of rotatable bonds is 7. The number of carbonyl (C=O) groups is 1. The van der Waals surface area contributed by atoms with Gasteiger partial charge in [0.05, 0.1) is 23.1 Å². The first-order valence-electron chi connectivity index (χ1n) is 8.23. The molecule has 1 amide bonds. The lowest BCUT2D eigenvalue weighted by Gasteiger charge is -2.05. The summed E-state index contributed by atoms with van der Waals surface area (Å²) in [5.41, 5.74) is 1.05. The van der Waals surface area contributed by atoms with Crippen molar-refractivity contribution in [1.82, 2.24) is 4.57 Å². The number of carbonyl (C=O) groups excluding carboxylic acids is 1. The molecule has 2 aromatic carbocycles. The average Bonchev–Trinajstić information content (AvgIpc) is 3.01. The largest absolute Gasteiger partial charge is 0.497 e. The number of aryl methyl sites for hydroxylation is 1. The fourth-order valence-corrected chi connectivity index (χ4v) is 4.70. The summed E-state index contributed by atoms with van der Waals surface area (Å²) in [6.45, 7) is 0.796. The van der Waals surface area contributed by atoms with E-state index >= 15 is 0 Å². The highest BCUT2D eigenvalue weighted by Gasteiger charge is 2.09. The number of hydrogen-bond donors (Lipinski definition) is 0. The number of methoxy groups -OCH3 is 1. The Hall–Kier alpha value is -1.41. The second kappa shape index (κ2) is 9.68. The van der Waals surface area contributed by atoms with Gasteiger partial charge in [-0.25, -0.2) is 0 Å². The Morgan fingerprint density at radius 1 is 1.26 bits per heavy atom. The van der Waals surface area contributed by atoms with Gasteiger partial charge in [-0.05, 0) is 42.7 Å². The summed E-state index contributed by atoms with van der Waals surface area (Å²) in [4.78, 5) is 18.5. The summed E-state index contributed by atoms with van der Waals surface area (Å²) >= 11 is 10.7. The normalized spacial score (nSPS) is 11.9. The molecule has 4 nitrogen and oxygen atoms in total. The quantitative estimate of drug-likeness (QED) is 0.489. The highest BCUT2D eigenvalue weighted by atomic mass is 35.5. The maximum absolute atomic E-state index is 12.4. The maximum Gasteiger partial charge on any atom is 0.258 e. The van der Waals surface area contributed by atoms with E-state index in [0.29, 0.717) is 10.8 Å². The van der Waals surface area contributed by atoms with E-state index < -0.39 is 0 Å². The molecule has 1 heterocycles. The van der Waals surface area contributed by atoms with Crippen LogP contribution >= 0.6 is 46.5 Å². The molecule has 3 aromatic rings. The van der Waals surface area contributed by atoms with Crippen LogP contribution in [0.3, 0.4) is 0 Å². The van der Waals surface area contributed by atoms with Crippen molar-refractivity contribution in [2.75, 3.05) is 24.9 Å². The molecule has 3 rings (SSSR count). The Morgan fingerprint density at radius 2 is 2.04 bits per heavy atom. The molecule has 0 radical (unpaired) electrons. The summed E-state index contributed by atoms with van der Waals surface area (Å²) < 4.78 is 8.54. The van der Waals surface area contributed by atoms with Crippen LogP contribution in [0, 0.1) is 0 Å². The van der Waals surface area contributed by atoms with E-state index in [-0.39, 0.29) is 5.91 Å². The zero-order valence-corrected chi connectivity index (χ0v) is 18.2. The summed E-state index contributed by atoms with van der Waals surface area (Å²) in [7, 11) is 1.66. The van der Waals surface area contributed by atoms with Gasteiger partial charge in [-0.3, -0.25) is 4.79 Å². The second-order valence-electron chi connectivity index (χ2n) is 5.61. The highest BCUT2D eigenvalue weighted by molar-refractivity contribution is 8.00. The molecule has 0 aliphatic carbocycles. The monoisotopic (exact) mass is 438 g/mol. The first-order chi connectivity index (χ1) is 13.1. The molecule has 142 valence electrons. The van der Waals surface area contributed by atoms with Gasteiger partial charge in [-0.1, -0.05) is 22.9 Å².